The normalized spacial score (nSPS) is 16.7. The number of methoxy groups -OCH3 is 2. The molecule has 2 rings (SSSR count). The van der Waals surface area contributed by atoms with Crippen LogP contribution in [0.1, 0.15) is 25.3 Å². The van der Waals surface area contributed by atoms with Crippen molar-refractivity contribution < 1.29 is 14.3 Å². The summed E-state index contributed by atoms with van der Waals surface area (Å²) in [5.41, 5.74) is 0.538. The second kappa shape index (κ2) is 3.77. The van der Waals surface area contributed by atoms with Crippen LogP contribution in [0.15, 0.2) is 12.3 Å². The molecule has 0 spiro atoms. The van der Waals surface area contributed by atoms with Gasteiger partial charge in [-0.2, -0.15) is 0 Å². The number of pyridine rings is 1. The Morgan fingerprint density at radius 1 is 1.38 bits per heavy atom. The summed E-state index contributed by atoms with van der Waals surface area (Å²) in [6.07, 6.45) is 3.37. The average molecular weight is 221 g/mol. The molecule has 0 bridgehead atoms. The lowest BCUT2D eigenvalue weighted by Gasteiger charge is -2.16. The van der Waals surface area contributed by atoms with Crippen molar-refractivity contribution in [3.05, 3.63) is 17.8 Å². The van der Waals surface area contributed by atoms with E-state index in [2.05, 4.69) is 4.98 Å². The van der Waals surface area contributed by atoms with Crippen molar-refractivity contribution in [2.45, 2.75) is 25.2 Å². The number of hydrogen-bond donors (Lipinski definition) is 0. The highest BCUT2D eigenvalue weighted by molar-refractivity contribution is 5.92. The highest BCUT2D eigenvalue weighted by Crippen LogP contribution is 2.52. The van der Waals surface area contributed by atoms with Crippen molar-refractivity contribution in [3.63, 3.8) is 0 Å². The van der Waals surface area contributed by atoms with E-state index in [0.29, 0.717) is 11.6 Å². The summed E-state index contributed by atoms with van der Waals surface area (Å²) >= 11 is 0. The molecule has 1 aliphatic rings. The van der Waals surface area contributed by atoms with Crippen molar-refractivity contribution in [1.29, 1.82) is 0 Å². The van der Waals surface area contributed by atoms with E-state index in [1.54, 1.807) is 33.4 Å². The first-order chi connectivity index (χ1) is 7.64. The number of aromatic nitrogens is 1. The third-order valence-electron chi connectivity index (χ3n) is 3.21. The predicted octanol–water partition coefficient (Wildman–Crippen LogP) is 1.72. The summed E-state index contributed by atoms with van der Waals surface area (Å²) in [7, 11) is 3.15. The molecule has 0 N–H and O–H groups in total. The van der Waals surface area contributed by atoms with Crippen LogP contribution in [-0.4, -0.2) is 25.0 Å². The summed E-state index contributed by atoms with van der Waals surface area (Å²) in [4.78, 5) is 15.8. The van der Waals surface area contributed by atoms with E-state index in [4.69, 9.17) is 9.47 Å². The molecule has 0 aromatic carbocycles. The zero-order valence-electron chi connectivity index (χ0n) is 9.74. The monoisotopic (exact) mass is 221 g/mol. The molecule has 0 saturated heterocycles. The predicted molar refractivity (Wildman–Crippen MR) is 58.9 cm³/mol. The Labute approximate surface area is 94.6 Å². The van der Waals surface area contributed by atoms with Crippen LogP contribution in [0.25, 0.3) is 0 Å². The Bertz CT molecular complexity index is 424. The van der Waals surface area contributed by atoms with E-state index in [1.807, 2.05) is 0 Å². The fourth-order valence-corrected chi connectivity index (χ4v) is 2.01. The fraction of sp³-hybridized carbons (Fsp3) is 0.500. The summed E-state index contributed by atoms with van der Waals surface area (Å²) in [6.45, 7) is 1.62. The minimum Gasteiger partial charge on any atom is -0.495 e. The first-order valence-corrected chi connectivity index (χ1v) is 5.23. The van der Waals surface area contributed by atoms with Gasteiger partial charge in [0.15, 0.2) is 0 Å². The summed E-state index contributed by atoms with van der Waals surface area (Å²) in [5.74, 6) is 1.36. The Kier molecular flexibility index (Phi) is 2.58. The van der Waals surface area contributed by atoms with Crippen molar-refractivity contribution in [2.24, 2.45) is 0 Å². The van der Waals surface area contributed by atoms with Gasteiger partial charge >= 0.3 is 0 Å². The molecule has 4 heteroatoms. The summed E-state index contributed by atoms with van der Waals surface area (Å²) in [6, 6.07) is 1.80. The van der Waals surface area contributed by atoms with Crippen molar-refractivity contribution in [2.75, 3.05) is 14.2 Å². The van der Waals surface area contributed by atoms with Crippen LogP contribution in [0.5, 0.6) is 11.6 Å². The molecule has 16 heavy (non-hydrogen) atoms. The van der Waals surface area contributed by atoms with E-state index < -0.39 is 0 Å². The van der Waals surface area contributed by atoms with Crippen LogP contribution < -0.4 is 9.47 Å². The number of ketones is 1. The van der Waals surface area contributed by atoms with E-state index in [0.717, 1.165) is 18.4 Å². The van der Waals surface area contributed by atoms with Gasteiger partial charge in [0.1, 0.15) is 11.5 Å². The van der Waals surface area contributed by atoms with E-state index in [1.165, 1.54) is 0 Å². The molecule has 0 aliphatic heterocycles. The van der Waals surface area contributed by atoms with Gasteiger partial charge in [0.25, 0.3) is 0 Å². The lowest BCUT2D eigenvalue weighted by molar-refractivity contribution is -0.119. The number of ether oxygens (including phenoxy) is 2. The lowest BCUT2D eigenvalue weighted by atomic mass is 9.92. The maximum atomic E-state index is 11.7. The third-order valence-corrected chi connectivity index (χ3v) is 3.21. The molecule has 1 saturated carbocycles. The molecular formula is C12H15NO3. The Hall–Kier alpha value is -1.58. The molecule has 86 valence electrons. The Balaban J connectivity index is 2.49. The lowest BCUT2D eigenvalue weighted by Crippen LogP contribution is -2.18. The largest absolute Gasteiger partial charge is 0.495 e. The molecule has 4 nitrogen and oxygen atoms in total. The first-order valence-electron chi connectivity index (χ1n) is 5.23. The quantitative estimate of drug-likeness (QED) is 0.776. The van der Waals surface area contributed by atoms with Gasteiger partial charge < -0.3 is 9.47 Å². The van der Waals surface area contributed by atoms with Crippen LogP contribution in [0.3, 0.4) is 0 Å². The highest BCUT2D eigenvalue weighted by atomic mass is 16.5. The third kappa shape index (κ3) is 1.54. The number of hydrogen-bond acceptors (Lipinski definition) is 4. The van der Waals surface area contributed by atoms with Crippen molar-refractivity contribution in [1.82, 2.24) is 4.98 Å². The van der Waals surface area contributed by atoms with Gasteiger partial charge in [-0.15, -0.1) is 0 Å². The average Bonchev–Trinajstić information content (AvgIpc) is 3.09. The van der Waals surface area contributed by atoms with Crippen LogP contribution in [0.4, 0.5) is 0 Å². The molecule has 1 fully saturated rings. The second-order valence-corrected chi connectivity index (χ2v) is 4.07. The summed E-state index contributed by atoms with van der Waals surface area (Å²) < 4.78 is 10.3. The zero-order valence-corrected chi connectivity index (χ0v) is 9.74. The van der Waals surface area contributed by atoms with Crippen LogP contribution in [-0.2, 0) is 10.2 Å². The molecule has 1 aliphatic carbocycles. The Morgan fingerprint density at radius 3 is 2.50 bits per heavy atom. The minimum absolute atomic E-state index is 0.180. The molecule has 1 aromatic rings. The Morgan fingerprint density at radius 2 is 2.06 bits per heavy atom. The molecule has 0 amide bonds. The summed E-state index contributed by atoms with van der Waals surface area (Å²) in [5, 5.41) is 0. The molecule has 0 radical (unpaired) electrons. The smallest absolute Gasteiger partial charge is 0.213 e. The molecular weight excluding hydrogens is 206 g/mol. The molecule has 1 heterocycles. The maximum Gasteiger partial charge on any atom is 0.213 e. The van der Waals surface area contributed by atoms with Crippen LogP contribution in [0.2, 0.25) is 0 Å². The van der Waals surface area contributed by atoms with Crippen molar-refractivity contribution >= 4 is 5.78 Å². The van der Waals surface area contributed by atoms with E-state index >= 15 is 0 Å². The van der Waals surface area contributed by atoms with Crippen LogP contribution in [0, 0.1) is 0 Å². The van der Waals surface area contributed by atoms with Gasteiger partial charge in [0, 0.05) is 11.6 Å². The van der Waals surface area contributed by atoms with Gasteiger partial charge in [-0.05, 0) is 19.8 Å². The highest BCUT2D eigenvalue weighted by Gasteiger charge is 2.50. The molecule has 0 unspecified atom stereocenters. The van der Waals surface area contributed by atoms with E-state index in [9.17, 15) is 4.79 Å². The van der Waals surface area contributed by atoms with Gasteiger partial charge in [-0.25, -0.2) is 4.98 Å². The standard InChI is InChI=1S/C12H15NO3/c1-8(14)12(4-5-12)9-6-11(16-3)13-7-10(9)15-2/h6-7H,4-5H2,1-3H3. The number of Topliss-reactive ketones (excluding diaryl/α,β-unsaturated/α-hetero) is 1. The number of carbonyl (C=O) groups is 1. The molecule has 0 atom stereocenters. The van der Waals surface area contributed by atoms with E-state index in [-0.39, 0.29) is 11.2 Å². The first kappa shape index (κ1) is 10.9. The van der Waals surface area contributed by atoms with Gasteiger partial charge in [0.2, 0.25) is 5.88 Å². The van der Waals surface area contributed by atoms with Gasteiger partial charge in [-0.3, -0.25) is 4.79 Å². The topological polar surface area (TPSA) is 48.4 Å². The molecule has 1 aromatic heterocycles. The van der Waals surface area contributed by atoms with Gasteiger partial charge in [-0.1, -0.05) is 0 Å². The zero-order chi connectivity index (χ0) is 11.8. The number of nitrogens with zero attached hydrogens (tertiary/aromatic N) is 1. The second-order valence-electron chi connectivity index (χ2n) is 4.07. The minimum atomic E-state index is -0.360. The maximum absolute atomic E-state index is 11.7. The number of carbonyl (C=O) groups excluding carboxylic acids is 1. The van der Waals surface area contributed by atoms with Crippen molar-refractivity contribution in [3.8, 4) is 11.6 Å². The number of rotatable bonds is 4. The fourth-order valence-electron chi connectivity index (χ4n) is 2.01. The van der Waals surface area contributed by atoms with Gasteiger partial charge in [0.05, 0.1) is 25.8 Å². The van der Waals surface area contributed by atoms with Crippen LogP contribution >= 0.6 is 0 Å². The SMILES string of the molecule is COc1cc(C2(C(C)=O)CC2)c(OC)cn1.